The van der Waals surface area contributed by atoms with Gasteiger partial charge in [0.15, 0.2) is 0 Å². The Labute approximate surface area is 111 Å². The molecule has 6 heteroatoms. The van der Waals surface area contributed by atoms with Crippen LogP contribution in [0.1, 0.15) is 31.1 Å². The second-order valence-electron chi connectivity index (χ2n) is 4.72. The zero-order chi connectivity index (χ0) is 14.6. The minimum atomic E-state index is -0.654. The summed E-state index contributed by atoms with van der Waals surface area (Å²) in [5.41, 5.74) is -0.0285. The van der Waals surface area contributed by atoms with E-state index in [1.54, 1.807) is 14.0 Å². The Morgan fingerprint density at radius 1 is 1.21 bits per heavy atom. The van der Waals surface area contributed by atoms with E-state index in [0.29, 0.717) is 0 Å². The highest BCUT2D eigenvalue weighted by Crippen LogP contribution is 1.96. The van der Waals surface area contributed by atoms with Gasteiger partial charge in [-0.3, -0.25) is 14.4 Å². The molecule has 1 aromatic rings. The number of pyridine rings is 1. The van der Waals surface area contributed by atoms with Crippen molar-refractivity contribution in [2.75, 3.05) is 0 Å². The Morgan fingerprint density at radius 3 is 2.37 bits per heavy atom. The van der Waals surface area contributed by atoms with Gasteiger partial charge in [0.1, 0.15) is 6.04 Å². The molecule has 0 spiro atoms. The van der Waals surface area contributed by atoms with Crippen molar-refractivity contribution in [1.29, 1.82) is 0 Å². The molecule has 0 saturated heterocycles. The maximum atomic E-state index is 11.9. The second kappa shape index (κ2) is 6.17. The van der Waals surface area contributed by atoms with Crippen LogP contribution >= 0.6 is 0 Å². The lowest BCUT2D eigenvalue weighted by Gasteiger charge is -2.16. The fourth-order valence-corrected chi connectivity index (χ4v) is 1.44. The minimum absolute atomic E-state index is 0.0101. The number of rotatable bonds is 4. The van der Waals surface area contributed by atoms with Gasteiger partial charge in [0.25, 0.3) is 11.5 Å². The van der Waals surface area contributed by atoms with Gasteiger partial charge in [-0.05, 0) is 26.8 Å². The minimum Gasteiger partial charge on any atom is -0.352 e. The van der Waals surface area contributed by atoms with E-state index in [9.17, 15) is 14.4 Å². The van der Waals surface area contributed by atoms with E-state index in [2.05, 4.69) is 10.6 Å². The molecule has 1 atom stereocenters. The van der Waals surface area contributed by atoms with Crippen LogP contribution in [0.5, 0.6) is 0 Å². The normalized spacial score (nSPS) is 12.1. The maximum absolute atomic E-state index is 11.9. The molecule has 1 unspecified atom stereocenters. The van der Waals surface area contributed by atoms with Gasteiger partial charge >= 0.3 is 0 Å². The molecule has 1 heterocycles. The topological polar surface area (TPSA) is 80.2 Å². The van der Waals surface area contributed by atoms with E-state index in [-0.39, 0.29) is 23.1 Å². The van der Waals surface area contributed by atoms with Crippen LogP contribution in [0, 0.1) is 0 Å². The van der Waals surface area contributed by atoms with Gasteiger partial charge in [-0.2, -0.15) is 0 Å². The van der Waals surface area contributed by atoms with Gasteiger partial charge < -0.3 is 15.2 Å². The Hall–Kier alpha value is -2.11. The van der Waals surface area contributed by atoms with E-state index in [4.69, 9.17) is 0 Å². The highest BCUT2D eigenvalue weighted by atomic mass is 16.2. The van der Waals surface area contributed by atoms with E-state index >= 15 is 0 Å². The summed E-state index contributed by atoms with van der Waals surface area (Å²) >= 11 is 0. The van der Waals surface area contributed by atoms with Gasteiger partial charge in [-0.15, -0.1) is 0 Å². The first-order chi connectivity index (χ1) is 8.81. The van der Waals surface area contributed by atoms with Crippen molar-refractivity contribution < 1.29 is 9.59 Å². The predicted molar refractivity (Wildman–Crippen MR) is 71.9 cm³/mol. The lowest BCUT2D eigenvalue weighted by atomic mass is 10.2. The SMILES string of the molecule is CC(C)NC(=O)C(C)NC(=O)c1ccn(C)c(=O)c1. The average molecular weight is 265 g/mol. The summed E-state index contributed by atoms with van der Waals surface area (Å²) < 4.78 is 1.37. The van der Waals surface area contributed by atoms with Gasteiger partial charge in [-0.1, -0.05) is 0 Å². The van der Waals surface area contributed by atoms with Gasteiger partial charge in [0.05, 0.1) is 0 Å². The lowest BCUT2D eigenvalue weighted by molar-refractivity contribution is -0.123. The third-order valence-corrected chi connectivity index (χ3v) is 2.54. The molecule has 0 aliphatic rings. The van der Waals surface area contributed by atoms with Crippen LogP contribution in [0.4, 0.5) is 0 Å². The standard InChI is InChI=1S/C13H19N3O3/c1-8(2)14-12(18)9(3)15-13(19)10-5-6-16(4)11(17)7-10/h5-9H,1-4H3,(H,14,18)(H,15,19). The van der Waals surface area contributed by atoms with Crippen LogP contribution in [0.3, 0.4) is 0 Å². The first-order valence-electron chi connectivity index (χ1n) is 6.09. The highest BCUT2D eigenvalue weighted by Gasteiger charge is 2.17. The average Bonchev–Trinajstić information content (AvgIpc) is 2.31. The van der Waals surface area contributed by atoms with Crippen LogP contribution in [0.15, 0.2) is 23.1 Å². The van der Waals surface area contributed by atoms with E-state index in [0.717, 1.165) is 0 Å². The van der Waals surface area contributed by atoms with Crippen LogP contribution in [0.25, 0.3) is 0 Å². The molecule has 1 aromatic heterocycles. The third kappa shape index (κ3) is 4.24. The zero-order valence-electron chi connectivity index (χ0n) is 11.6. The summed E-state index contributed by atoms with van der Waals surface area (Å²) in [6.45, 7) is 5.28. The van der Waals surface area contributed by atoms with Crippen molar-refractivity contribution in [2.45, 2.75) is 32.9 Å². The molecule has 2 amide bonds. The Balaban J connectivity index is 2.71. The lowest BCUT2D eigenvalue weighted by Crippen LogP contribution is -2.46. The van der Waals surface area contributed by atoms with Gasteiger partial charge in [0.2, 0.25) is 5.91 Å². The maximum Gasteiger partial charge on any atom is 0.252 e. The van der Waals surface area contributed by atoms with E-state index < -0.39 is 11.9 Å². The van der Waals surface area contributed by atoms with Crippen molar-refractivity contribution >= 4 is 11.8 Å². The Morgan fingerprint density at radius 2 is 1.84 bits per heavy atom. The smallest absolute Gasteiger partial charge is 0.252 e. The molecule has 0 saturated carbocycles. The molecule has 0 aliphatic carbocycles. The molecule has 0 fully saturated rings. The molecular formula is C13H19N3O3. The molecule has 104 valence electrons. The molecule has 2 N–H and O–H groups in total. The summed E-state index contributed by atoms with van der Waals surface area (Å²) in [7, 11) is 1.60. The number of hydrogen-bond acceptors (Lipinski definition) is 3. The number of amides is 2. The molecule has 6 nitrogen and oxygen atoms in total. The monoisotopic (exact) mass is 265 g/mol. The van der Waals surface area contributed by atoms with Crippen molar-refractivity contribution in [3.63, 3.8) is 0 Å². The van der Waals surface area contributed by atoms with Crippen molar-refractivity contribution in [3.05, 3.63) is 34.2 Å². The second-order valence-corrected chi connectivity index (χ2v) is 4.72. The first-order valence-corrected chi connectivity index (χ1v) is 6.09. The predicted octanol–water partition coefficient (Wildman–Crippen LogP) is 0.0282. The number of carbonyl (C=O) groups is 2. The molecule has 0 aromatic carbocycles. The summed E-state index contributed by atoms with van der Waals surface area (Å²) in [6.07, 6.45) is 1.51. The Bertz CT molecular complexity index is 534. The molecule has 0 aliphatic heterocycles. The number of nitrogens with zero attached hydrogens (tertiary/aromatic N) is 1. The summed E-state index contributed by atoms with van der Waals surface area (Å²) in [5.74, 6) is -0.698. The molecule has 0 bridgehead atoms. The first kappa shape index (κ1) is 14.9. The largest absolute Gasteiger partial charge is 0.352 e. The van der Waals surface area contributed by atoms with Crippen molar-refractivity contribution in [2.24, 2.45) is 7.05 Å². The van der Waals surface area contributed by atoms with Gasteiger partial charge in [0, 0.05) is 30.9 Å². The number of aryl methyl sites for hydroxylation is 1. The van der Waals surface area contributed by atoms with Crippen LogP contribution in [-0.2, 0) is 11.8 Å². The molecular weight excluding hydrogens is 246 g/mol. The van der Waals surface area contributed by atoms with E-state index in [1.807, 2.05) is 13.8 Å². The van der Waals surface area contributed by atoms with E-state index in [1.165, 1.54) is 22.9 Å². The third-order valence-electron chi connectivity index (χ3n) is 2.54. The van der Waals surface area contributed by atoms with Crippen LogP contribution in [-0.4, -0.2) is 28.5 Å². The Kier molecular flexibility index (Phi) is 4.86. The quantitative estimate of drug-likeness (QED) is 0.806. The van der Waals surface area contributed by atoms with Crippen molar-refractivity contribution in [1.82, 2.24) is 15.2 Å². The molecule has 19 heavy (non-hydrogen) atoms. The molecule has 0 radical (unpaired) electrons. The fourth-order valence-electron chi connectivity index (χ4n) is 1.44. The van der Waals surface area contributed by atoms with Crippen LogP contribution < -0.4 is 16.2 Å². The van der Waals surface area contributed by atoms with Crippen LogP contribution in [0.2, 0.25) is 0 Å². The fraction of sp³-hybridized carbons (Fsp3) is 0.462. The number of aromatic nitrogens is 1. The zero-order valence-corrected chi connectivity index (χ0v) is 11.6. The summed E-state index contributed by atoms with van der Waals surface area (Å²) in [5, 5.41) is 5.25. The molecule has 1 rings (SSSR count). The van der Waals surface area contributed by atoms with Gasteiger partial charge in [-0.25, -0.2) is 0 Å². The number of hydrogen-bond donors (Lipinski definition) is 2. The summed E-state index contributed by atoms with van der Waals surface area (Å²) in [4.78, 5) is 34.9. The number of carbonyl (C=O) groups excluding carboxylic acids is 2. The van der Waals surface area contributed by atoms with Crippen molar-refractivity contribution in [3.8, 4) is 0 Å². The summed E-state index contributed by atoms with van der Waals surface area (Å²) in [6, 6.07) is 2.13. The highest BCUT2D eigenvalue weighted by molar-refractivity contribution is 5.97. The number of nitrogens with one attached hydrogen (secondary N) is 2.